The van der Waals surface area contributed by atoms with Crippen LogP contribution in [0.1, 0.15) is 15.6 Å². The molecule has 7 heteroatoms. The number of aromatic amines is 1. The Balaban J connectivity index is 1.51. The van der Waals surface area contributed by atoms with Gasteiger partial charge in [-0.1, -0.05) is 24.3 Å². The molecule has 0 saturated carbocycles. The average Bonchev–Trinajstić information content (AvgIpc) is 3.43. The van der Waals surface area contributed by atoms with Crippen molar-refractivity contribution in [2.75, 3.05) is 0 Å². The van der Waals surface area contributed by atoms with Crippen molar-refractivity contribution in [3.8, 4) is 0 Å². The molecule has 28 heavy (non-hydrogen) atoms. The van der Waals surface area contributed by atoms with Crippen molar-refractivity contribution in [2.45, 2.75) is 19.6 Å². The first-order chi connectivity index (χ1) is 13.8. The van der Waals surface area contributed by atoms with Crippen molar-refractivity contribution < 1.29 is 4.42 Å². The number of H-pyrrole nitrogens is 1. The minimum atomic E-state index is -0.233. The second kappa shape index (κ2) is 7.35. The van der Waals surface area contributed by atoms with Gasteiger partial charge in [-0.15, -0.1) is 22.7 Å². The highest BCUT2D eigenvalue weighted by atomic mass is 32.1. The van der Waals surface area contributed by atoms with Gasteiger partial charge in [-0.3, -0.25) is 9.69 Å². The van der Waals surface area contributed by atoms with E-state index in [4.69, 9.17) is 9.40 Å². The Kier molecular flexibility index (Phi) is 4.56. The topological polar surface area (TPSA) is 62.1 Å². The van der Waals surface area contributed by atoms with Crippen LogP contribution in [0.5, 0.6) is 0 Å². The Morgan fingerprint density at radius 1 is 0.929 bits per heavy atom. The number of furan rings is 1. The fraction of sp³-hybridized carbons (Fsp3) is 0.143. The summed E-state index contributed by atoms with van der Waals surface area (Å²) in [5.41, 5.74) is 1.36. The minimum absolute atomic E-state index is 0.233. The quantitative estimate of drug-likeness (QED) is 0.430. The van der Waals surface area contributed by atoms with Crippen LogP contribution in [0, 0.1) is 0 Å². The third kappa shape index (κ3) is 3.40. The van der Waals surface area contributed by atoms with Crippen LogP contribution in [-0.2, 0) is 19.6 Å². The van der Waals surface area contributed by atoms with Gasteiger partial charge in [0.1, 0.15) is 16.9 Å². The summed E-state index contributed by atoms with van der Waals surface area (Å²) in [5, 5.41) is 5.04. The lowest BCUT2D eigenvalue weighted by Crippen LogP contribution is -2.24. The number of thiophene rings is 2. The van der Waals surface area contributed by atoms with Gasteiger partial charge >= 0.3 is 0 Å². The highest BCUT2D eigenvalue weighted by Crippen LogP contribution is 2.25. The Labute approximate surface area is 168 Å². The molecule has 0 fully saturated rings. The van der Waals surface area contributed by atoms with Crippen molar-refractivity contribution in [1.29, 1.82) is 0 Å². The first-order valence-electron chi connectivity index (χ1n) is 8.94. The third-order valence-electron chi connectivity index (χ3n) is 4.57. The maximum Gasteiger partial charge on any atom is 0.294 e. The lowest BCUT2D eigenvalue weighted by Gasteiger charge is -2.20. The van der Waals surface area contributed by atoms with Crippen LogP contribution >= 0.6 is 22.7 Å². The molecule has 0 saturated heterocycles. The summed E-state index contributed by atoms with van der Waals surface area (Å²) < 4.78 is 5.70. The molecule has 4 aromatic heterocycles. The molecule has 1 aromatic carbocycles. The number of aromatic nitrogens is 2. The predicted octanol–water partition coefficient (Wildman–Crippen LogP) is 4.99. The van der Waals surface area contributed by atoms with Crippen LogP contribution in [0.15, 0.2) is 68.5 Å². The van der Waals surface area contributed by atoms with Crippen molar-refractivity contribution in [3.05, 3.63) is 85.2 Å². The van der Waals surface area contributed by atoms with Gasteiger partial charge in [0.15, 0.2) is 0 Å². The Morgan fingerprint density at radius 2 is 1.64 bits per heavy atom. The Morgan fingerprint density at radius 3 is 2.32 bits per heavy atom. The van der Waals surface area contributed by atoms with Crippen LogP contribution in [0.2, 0.25) is 0 Å². The molecule has 4 heterocycles. The van der Waals surface area contributed by atoms with Crippen molar-refractivity contribution >= 4 is 44.7 Å². The monoisotopic (exact) mass is 407 g/mol. The minimum Gasteiger partial charge on any atom is -0.449 e. The first kappa shape index (κ1) is 17.4. The lowest BCUT2D eigenvalue weighted by molar-refractivity contribution is 0.246. The van der Waals surface area contributed by atoms with Crippen molar-refractivity contribution in [2.24, 2.45) is 0 Å². The standard InChI is InChI=1S/C21H17N3O2S2/c25-21-20-19(16-7-1-2-8-17(16)26-20)22-18(23-21)13-24(11-14-5-3-9-27-14)12-15-6-4-10-28-15/h1-10H,11-13H2,(H,22,23,25). The van der Waals surface area contributed by atoms with E-state index in [-0.39, 0.29) is 11.1 Å². The number of hydrogen-bond donors (Lipinski definition) is 1. The lowest BCUT2D eigenvalue weighted by atomic mass is 10.2. The first-order valence-corrected chi connectivity index (χ1v) is 10.7. The summed E-state index contributed by atoms with van der Waals surface area (Å²) in [6, 6.07) is 16.0. The van der Waals surface area contributed by atoms with E-state index in [1.807, 2.05) is 24.3 Å². The van der Waals surface area contributed by atoms with Gasteiger partial charge in [0, 0.05) is 28.2 Å². The van der Waals surface area contributed by atoms with Crippen LogP contribution in [0.3, 0.4) is 0 Å². The summed E-state index contributed by atoms with van der Waals surface area (Å²) in [7, 11) is 0. The number of rotatable bonds is 6. The van der Waals surface area contributed by atoms with Crippen LogP contribution < -0.4 is 5.56 Å². The summed E-state index contributed by atoms with van der Waals surface area (Å²) in [6.45, 7) is 2.17. The maximum atomic E-state index is 12.6. The Hall–Kier alpha value is -2.74. The molecular formula is C21H17N3O2S2. The molecule has 0 aliphatic rings. The van der Waals surface area contributed by atoms with Gasteiger partial charge in [0.25, 0.3) is 5.56 Å². The highest BCUT2D eigenvalue weighted by molar-refractivity contribution is 7.10. The molecule has 0 spiro atoms. The van der Waals surface area contributed by atoms with E-state index in [2.05, 4.69) is 44.9 Å². The summed E-state index contributed by atoms with van der Waals surface area (Å²) in [6.07, 6.45) is 0. The maximum absolute atomic E-state index is 12.6. The van der Waals surface area contributed by atoms with E-state index in [0.29, 0.717) is 23.5 Å². The molecule has 0 aliphatic heterocycles. The summed E-state index contributed by atoms with van der Waals surface area (Å²) in [4.78, 5) is 25.1. The Bertz CT molecular complexity index is 1230. The molecule has 5 aromatic rings. The second-order valence-electron chi connectivity index (χ2n) is 6.59. The van der Waals surface area contributed by atoms with E-state index in [9.17, 15) is 4.79 Å². The summed E-state index contributed by atoms with van der Waals surface area (Å²) >= 11 is 3.48. The third-order valence-corrected chi connectivity index (χ3v) is 6.29. The molecular weight excluding hydrogens is 390 g/mol. The van der Waals surface area contributed by atoms with Gasteiger partial charge in [-0.05, 0) is 35.0 Å². The van der Waals surface area contributed by atoms with Crippen molar-refractivity contribution in [3.63, 3.8) is 0 Å². The van der Waals surface area contributed by atoms with Crippen molar-refractivity contribution in [1.82, 2.24) is 14.9 Å². The number of fused-ring (bicyclic) bond motifs is 3. The second-order valence-corrected chi connectivity index (χ2v) is 8.66. The summed E-state index contributed by atoms with van der Waals surface area (Å²) in [5.74, 6) is 0.650. The smallest absolute Gasteiger partial charge is 0.294 e. The molecule has 0 unspecified atom stereocenters. The zero-order valence-corrected chi connectivity index (χ0v) is 16.6. The number of benzene rings is 1. The van der Waals surface area contributed by atoms with E-state index in [0.717, 1.165) is 18.5 Å². The molecule has 0 aliphatic carbocycles. The average molecular weight is 408 g/mol. The zero-order valence-electron chi connectivity index (χ0n) is 14.9. The molecule has 0 atom stereocenters. The van der Waals surface area contributed by atoms with Crippen LogP contribution in [0.4, 0.5) is 0 Å². The molecule has 5 nitrogen and oxygen atoms in total. The molecule has 1 N–H and O–H groups in total. The highest BCUT2D eigenvalue weighted by Gasteiger charge is 2.16. The fourth-order valence-corrected chi connectivity index (χ4v) is 4.84. The molecule has 0 bridgehead atoms. The van der Waals surface area contributed by atoms with Gasteiger partial charge in [-0.2, -0.15) is 0 Å². The number of para-hydroxylation sites is 1. The van der Waals surface area contributed by atoms with Crippen LogP contribution in [0.25, 0.3) is 22.1 Å². The molecule has 0 radical (unpaired) electrons. The van der Waals surface area contributed by atoms with Gasteiger partial charge in [0.05, 0.1) is 6.54 Å². The largest absolute Gasteiger partial charge is 0.449 e. The van der Waals surface area contributed by atoms with E-state index < -0.39 is 0 Å². The van der Waals surface area contributed by atoms with E-state index >= 15 is 0 Å². The molecule has 5 rings (SSSR count). The normalized spacial score (nSPS) is 11.8. The predicted molar refractivity (Wildman–Crippen MR) is 114 cm³/mol. The van der Waals surface area contributed by atoms with E-state index in [1.165, 1.54) is 9.75 Å². The van der Waals surface area contributed by atoms with Crippen LogP contribution in [-0.4, -0.2) is 14.9 Å². The molecule has 140 valence electrons. The SMILES string of the molecule is O=c1[nH]c(CN(Cc2cccs2)Cc2cccs2)nc2c1oc1ccccc12. The number of nitrogens with zero attached hydrogens (tertiary/aromatic N) is 2. The van der Waals surface area contributed by atoms with Gasteiger partial charge < -0.3 is 9.40 Å². The number of nitrogens with one attached hydrogen (secondary N) is 1. The molecule has 0 amide bonds. The zero-order chi connectivity index (χ0) is 18.9. The fourth-order valence-electron chi connectivity index (χ4n) is 3.35. The van der Waals surface area contributed by atoms with E-state index in [1.54, 1.807) is 22.7 Å². The van der Waals surface area contributed by atoms with Gasteiger partial charge in [-0.25, -0.2) is 4.98 Å². The number of hydrogen-bond acceptors (Lipinski definition) is 6. The van der Waals surface area contributed by atoms with Gasteiger partial charge in [0.2, 0.25) is 5.58 Å².